The quantitative estimate of drug-likeness (QED) is 0.760. The van der Waals surface area contributed by atoms with Gasteiger partial charge in [0.05, 0.1) is 18.1 Å². The summed E-state index contributed by atoms with van der Waals surface area (Å²) in [7, 11) is -3.50. The highest BCUT2D eigenvalue weighted by atomic mass is 32.2. The molecule has 0 aliphatic carbocycles. The molecule has 0 aromatic heterocycles. The van der Waals surface area contributed by atoms with Crippen molar-refractivity contribution >= 4 is 10.0 Å². The summed E-state index contributed by atoms with van der Waals surface area (Å²) in [5.41, 5.74) is 0. The van der Waals surface area contributed by atoms with E-state index in [1.165, 1.54) is 12.1 Å². The Bertz CT molecular complexity index is 508. The van der Waals surface area contributed by atoms with Crippen LogP contribution in [0.3, 0.4) is 0 Å². The third-order valence-electron chi connectivity index (χ3n) is 3.08. The maximum absolute atomic E-state index is 12.1. The van der Waals surface area contributed by atoms with Crippen LogP contribution in [0.1, 0.15) is 6.42 Å². The smallest absolute Gasteiger partial charge is 0.240 e. The summed E-state index contributed by atoms with van der Waals surface area (Å²) in [4.78, 5) is 0.202. The summed E-state index contributed by atoms with van der Waals surface area (Å²) < 4.78 is 37.1. The standard InChI is InChI=1S/C13H19NO5S/c15-6-8-19-12-1-3-13(4-2-12)20(16,17)14-9-11-5-7-18-10-11/h1-4,11,14-15H,5-10H2. The Labute approximate surface area is 118 Å². The molecule has 0 saturated carbocycles. The molecule has 0 bridgehead atoms. The van der Waals surface area contributed by atoms with E-state index in [9.17, 15) is 8.42 Å². The van der Waals surface area contributed by atoms with Crippen molar-refractivity contribution < 1.29 is 23.0 Å². The zero-order chi connectivity index (χ0) is 14.4. The number of sulfonamides is 1. The fraction of sp³-hybridized carbons (Fsp3) is 0.538. The van der Waals surface area contributed by atoms with E-state index in [4.69, 9.17) is 14.6 Å². The van der Waals surface area contributed by atoms with E-state index in [1.807, 2.05) is 0 Å². The van der Waals surface area contributed by atoms with Crippen LogP contribution in [0.25, 0.3) is 0 Å². The van der Waals surface area contributed by atoms with Crippen molar-refractivity contribution in [2.24, 2.45) is 5.92 Å². The van der Waals surface area contributed by atoms with Crippen molar-refractivity contribution in [2.45, 2.75) is 11.3 Å². The SMILES string of the molecule is O=S(=O)(NCC1CCOC1)c1ccc(OCCO)cc1. The summed E-state index contributed by atoms with van der Waals surface area (Å²) in [5, 5.41) is 8.64. The molecule has 1 heterocycles. The Balaban J connectivity index is 1.94. The van der Waals surface area contributed by atoms with Crippen LogP contribution in [0.5, 0.6) is 5.75 Å². The largest absolute Gasteiger partial charge is 0.491 e. The molecule has 1 aliphatic heterocycles. The molecule has 1 fully saturated rings. The Kier molecular flexibility index (Phi) is 5.36. The van der Waals surface area contributed by atoms with Crippen LogP contribution in [0.15, 0.2) is 29.2 Å². The van der Waals surface area contributed by atoms with Crippen LogP contribution >= 0.6 is 0 Å². The minimum Gasteiger partial charge on any atom is -0.491 e. The molecule has 1 saturated heterocycles. The van der Waals surface area contributed by atoms with Crippen LogP contribution in [0, 0.1) is 5.92 Å². The van der Waals surface area contributed by atoms with Gasteiger partial charge in [-0.2, -0.15) is 0 Å². The van der Waals surface area contributed by atoms with Crippen molar-refractivity contribution in [1.82, 2.24) is 4.72 Å². The van der Waals surface area contributed by atoms with Crippen molar-refractivity contribution in [3.8, 4) is 5.75 Å². The molecule has 0 spiro atoms. The average molecular weight is 301 g/mol. The van der Waals surface area contributed by atoms with Gasteiger partial charge in [0.2, 0.25) is 10.0 Å². The second-order valence-electron chi connectivity index (χ2n) is 4.62. The molecule has 6 nitrogen and oxygen atoms in total. The molecule has 20 heavy (non-hydrogen) atoms. The summed E-state index contributed by atoms with van der Waals surface area (Å²) in [5.74, 6) is 0.777. The summed E-state index contributed by atoms with van der Waals surface area (Å²) >= 11 is 0. The van der Waals surface area contributed by atoms with Gasteiger partial charge < -0.3 is 14.6 Å². The zero-order valence-corrected chi connectivity index (χ0v) is 11.9. The van der Waals surface area contributed by atoms with Crippen molar-refractivity contribution in [1.29, 1.82) is 0 Å². The lowest BCUT2D eigenvalue weighted by atomic mass is 10.1. The molecule has 0 radical (unpaired) electrons. The molecule has 2 rings (SSSR count). The summed E-state index contributed by atoms with van der Waals surface area (Å²) in [6.45, 7) is 1.81. The molecule has 1 aromatic carbocycles. The summed E-state index contributed by atoms with van der Waals surface area (Å²) in [6, 6.07) is 6.12. The van der Waals surface area contributed by atoms with Crippen LogP contribution < -0.4 is 9.46 Å². The van der Waals surface area contributed by atoms with Gasteiger partial charge in [0, 0.05) is 13.2 Å². The van der Waals surface area contributed by atoms with E-state index in [-0.39, 0.29) is 24.0 Å². The molecule has 7 heteroatoms. The predicted octanol–water partition coefficient (Wildman–Crippen LogP) is 0.372. The molecular formula is C13H19NO5S. The number of aliphatic hydroxyl groups is 1. The van der Waals surface area contributed by atoms with Crippen molar-refractivity contribution in [2.75, 3.05) is 33.0 Å². The highest BCUT2D eigenvalue weighted by Crippen LogP contribution is 2.17. The number of hydrogen-bond acceptors (Lipinski definition) is 5. The van der Waals surface area contributed by atoms with E-state index < -0.39 is 10.0 Å². The third kappa shape index (κ3) is 4.17. The Morgan fingerprint density at radius 2 is 2.10 bits per heavy atom. The first-order valence-electron chi connectivity index (χ1n) is 6.53. The summed E-state index contributed by atoms with van der Waals surface area (Å²) in [6.07, 6.45) is 0.885. The van der Waals surface area contributed by atoms with Crippen LogP contribution in [-0.4, -0.2) is 46.5 Å². The predicted molar refractivity (Wildman–Crippen MR) is 73.1 cm³/mol. The topological polar surface area (TPSA) is 84.9 Å². The fourth-order valence-corrected chi connectivity index (χ4v) is 3.05. The molecule has 2 N–H and O–H groups in total. The lowest BCUT2D eigenvalue weighted by Crippen LogP contribution is -2.29. The Hall–Kier alpha value is -1.15. The third-order valence-corrected chi connectivity index (χ3v) is 4.52. The number of aliphatic hydroxyl groups excluding tert-OH is 1. The number of benzene rings is 1. The minimum atomic E-state index is -3.50. The van der Waals surface area contributed by atoms with E-state index in [1.54, 1.807) is 12.1 Å². The lowest BCUT2D eigenvalue weighted by molar-refractivity contribution is 0.186. The Morgan fingerprint density at radius 3 is 2.70 bits per heavy atom. The minimum absolute atomic E-state index is 0.0783. The van der Waals surface area contributed by atoms with Crippen LogP contribution in [0.2, 0.25) is 0 Å². The number of rotatable bonds is 7. The number of hydrogen-bond donors (Lipinski definition) is 2. The number of nitrogens with one attached hydrogen (secondary N) is 1. The van der Waals surface area contributed by atoms with E-state index in [2.05, 4.69) is 4.72 Å². The first-order chi connectivity index (χ1) is 9.62. The molecule has 1 unspecified atom stereocenters. The normalized spacial score (nSPS) is 19.1. The van der Waals surface area contributed by atoms with Crippen LogP contribution in [0.4, 0.5) is 0 Å². The fourth-order valence-electron chi connectivity index (χ4n) is 1.93. The molecule has 1 aliphatic rings. The van der Waals surface area contributed by atoms with Crippen LogP contribution in [-0.2, 0) is 14.8 Å². The van der Waals surface area contributed by atoms with Crippen molar-refractivity contribution in [3.05, 3.63) is 24.3 Å². The van der Waals surface area contributed by atoms with E-state index >= 15 is 0 Å². The van der Waals surface area contributed by atoms with Gasteiger partial charge in [-0.3, -0.25) is 0 Å². The maximum atomic E-state index is 12.1. The first-order valence-corrected chi connectivity index (χ1v) is 8.01. The van der Waals surface area contributed by atoms with Gasteiger partial charge >= 0.3 is 0 Å². The number of ether oxygens (including phenoxy) is 2. The first kappa shape index (κ1) is 15.2. The molecule has 0 amide bonds. The zero-order valence-electron chi connectivity index (χ0n) is 11.1. The van der Waals surface area contributed by atoms with Gasteiger partial charge in [-0.1, -0.05) is 0 Å². The maximum Gasteiger partial charge on any atom is 0.240 e. The molecule has 112 valence electrons. The van der Waals surface area contributed by atoms with Gasteiger partial charge in [-0.05, 0) is 36.6 Å². The molecule has 1 aromatic rings. The van der Waals surface area contributed by atoms with Gasteiger partial charge in [-0.15, -0.1) is 0 Å². The lowest BCUT2D eigenvalue weighted by Gasteiger charge is -2.11. The highest BCUT2D eigenvalue weighted by Gasteiger charge is 2.20. The monoisotopic (exact) mass is 301 g/mol. The van der Waals surface area contributed by atoms with E-state index in [0.29, 0.717) is 25.5 Å². The van der Waals surface area contributed by atoms with Gasteiger partial charge in [0.15, 0.2) is 0 Å². The molecular weight excluding hydrogens is 282 g/mol. The van der Waals surface area contributed by atoms with Crippen molar-refractivity contribution in [3.63, 3.8) is 0 Å². The highest BCUT2D eigenvalue weighted by molar-refractivity contribution is 7.89. The van der Waals surface area contributed by atoms with E-state index in [0.717, 1.165) is 6.42 Å². The Morgan fingerprint density at radius 1 is 1.35 bits per heavy atom. The van der Waals surface area contributed by atoms with Gasteiger partial charge in [0.1, 0.15) is 12.4 Å². The van der Waals surface area contributed by atoms with Gasteiger partial charge in [-0.25, -0.2) is 13.1 Å². The average Bonchev–Trinajstić information content (AvgIpc) is 2.97. The second-order valence-corrected chi connectivity index (χ2v) is 6.39. The second kappa shape index (κ2) is 7.03. The molecule has 1 atom stereocenters. The van der Waals surface area contributed by atoms with Gasteiger partial charge in [0.25, 0.3) is 0 Å².